The third-order valence-electron chi connectivity index (χ3n) is 2.76. The van der Waals surface area contributed by atoms with E-state index in [2.05, 4.69) is 31.4 Å². The molecule has 0 spiro atoms. The molecular weight excluding hydrogens is 287 g/mol. The molecule has 0 atom stereocenters. The Bertz CT molecular complexity index is 518. The molecule has 0 bridgehead atoms. The second-order valence-corrected chi connectivity index (χ2v) is 7.44. The van der Waals surface area contributed by atoms with Crippen molar-refractivity contribution in [2.24, 2.45) is 5.41 Å². The topological polar surface area (TPSA) is 41.1 Å². The van der Waals surface area contributed by atoms with Gasteiger partial charge in [-0.1, -0.05) is 20.8 Å². The van der Waals surface area contributed by atoms with Crippen LogP contribution in [0, 0.1) is 11.2 Å². The molecule has 3 nitrogen and oxygen atoms in total. The predicted molar refractivity (Wildman–Crippen MR) is 87.8 cm³/mol. The number of carbonyl (C=O) groups is 1. The highest BCUT2D eigenvalue weighted by Gasteiger charge is 2.26. The van der Waals surface area contributed by atoms with Gasteiger partial charge in [0.05, 0.1) is 0 Å². The Morgan fingerprint density at radius 3 is 2.14 bits per heavy atom. The number of hydrogen-bond donors (Lipinski definition) is 2. The molecule has 0 aliphatic heterocycles. The molecule has 5 heteroatoms. The fourth-order valence-corrected chi connectivity index (χ4v) is 2.85. The molecule has 0 unspecified atom stereocenters. The summed E-state index contributed by atoms with van der Waals surface area (Å²) in [7, 11) is 0. The molecule has 0 saturated heterocycles. The van der Waals surface area contributed by atoms with Crippen LogP contribution in [0.1, 0.15) is 51.4 Å². The largest absolute Gasteiger partial charge is 0.357 e. The van der Waals surface area contributed by atoms with Crippen LogP contribution in [0.5, 0.6) is 0 Å². The van der Waals surface area contributed by atoms with Crippen LogP contribution in [0.15, 0.2) is 24.3 Å². The van der Waals surface area contributed by atoms with Gasteiger partial charge in [0.1, 0.15) is 5.82 Å². The van der Waals surface area contributed by atoms with Gasteiger partial charge in [-0.3, -0.25) is 10.1 Å². The van der Waals surface area contributed by atoms with Crippen molar-refractivity contribution >= 4 is 23.2 Å². The number of carbonyl (C=O) groups excluding carboxylic acids is 1. The molecule has 0 aliphatic rings. The zero-order valence-corrected chi connectivity index (χ0v) is 14.0. The monoisotopic (exact) mass is 310 g/mol. The molecule has 0 fully saturated rings. The third-order valence-corrected chi connectivity index (χ3v) is 2.96. The second kappa shape index (κ2) is 6.52. The highest BCUT2D eigenvalue weighted by molar-refractivity contribution is 7.80. The average Bonchev–Trinajstić information content (AvgIpc) is 2.24. The molecule has 21 heavy (non-hydrogen) atoms. The first-order chi connectivity index (χ1) is 9.48. The highest BCUT2D eigenvalue weighted by Crippen LogP contribution is 2.26. The van der Waals surface area contributed by atoms with E-state index in [1.807, 2.05) is 13.8 Å². The fraction of sp³-hybridized carbons (Fsp3) is 0.500. The van der Waals surface area contributed by atoms with Gasteiger partial charge >= 0.3 is 0 Å². The molecule has 116 valence electrons. The zero-order chi connectivity index (χ0) is 16.3. The van der Waals surface area contributed by atoms with Crippen LogP contribution in [0.3, 0.4) is 0 Å². The van der Waals surface area contributed by atoms with E-state index in [0.717, 1.165) is 6.42 Å². The van der Waals surface area contributed by atoms with E-state index in [4.69, 9.17) is 12.2 Å². The summed E-state index contributed by atoms with van der Waals surface area (Å²) in [6.07, 6.45) is 0.895. The molecule has 1 aromatic carbocycles. The second-order valence-electron chi connectivity index (χ2n) is 7.04. The van der Waals surface area contributed by atoms with E-state index in [1.165, 1.54) is 24.3 Å². The van der Waals surface area contributed by atoms with Gasteiger partial charge in [0, 0.05) is 11.1 Å². The fourth-order valence-electron chi connectivity index (χ4n) is 2.49. The van der Waals surface area contributed by atoms with Crippen LogP contribution in [0.4, 0.5) is 4.39 Å². The van der Waals surface area contributed by atoms with E-state index in [0.29, 0.717) is 5.56 Å². The van der Waals surface area contributed by atoms with Crippen LogP contribution in [0.25, 0.3) is 0 Å². The van der Waals surface area contributed by atoms with Gasteiger partial charge in [0.15, 0.2) is 5.11 Å². The summed E-state index contributed by atoms with van der Waals surface area (Å²) in [5.41, 5.74) is 0.285. The Balaban J connectivity index is 2.61. The Labute approximate surface area is 131 Å². The van der Waals surface area contributed by atoms with Crippen molar-refractivity contribution in [3.8, 4) is 0 Å². The van der Waals surface area contributed by atoms with Crippen molar-refractivity contribution in [3.63, 3.8) is 0 Å². The number of hydrogen-bond acceptors (Lipinski definition) is 2. The summed E-state index contributed by atoms with van der Waals surface area (Å²) in [4.78, 5) is 12.0. The lowest BCUT2D eigenvalue weighted by atomic mass is 9.82. The SMILES string of the molecule is CC(C)(C)CC(C)(C)NC(=S)NC(=O)c1ccc(F)cc1. The first kappa shape index (κ1) is 17.6. The summed E-state index contributed by atoms with van der Waals surface area (Å²) in [6.45, 7) is 10.5. The normalized spacial score (nSPS) is 11.9. The number of thiocarbonyl (C=S) groups is 1. The highest BCUT2D eigenvalue weighted by atomic mass is 32.1. The number of nitrogens with one attached hydrogen (secondary N) is 2. The molecule has 1 rings (SSSR count). The van der Waals surface area contributed by atoms with Gasteiger partial charge in [0.25, 0.3) is 5.91 Å². The van der Waals surface area contributed by atoms with Crippen LogP contribution < -0.4 is 10.6 Å². The predicted octanol–water partition coefficient (Wildman–Crippen LogP) is 3.64. The minimum absolute atomic E-state index is 0.146. The van der Waals surface area contributed by atoms with E-state index >= 15 is 0 Å². The molecule has 0 aromatic heterocycles. The lowest BCUT2D eigenvalue weighted by Gasteiger charge is -2.34. The molecule has 1 amide bonds. The number of amides is 1. The van der Waals surface area contributed by atoms with Gasteiger partial charge in [-0.2, -0.15) is 0 Å². The molecule has 1 aromatic rings. The first-order valence-corrected chi connectivity index (χ1v) is 7.28. The van der Waals surface area contributed by atoms with Crippen molar-refractivity contribution in [3.05, 3.63) is 35.6 Å². The average molecular weight is 310 g/mol. The van der Waals surface area contributed by atoms with E-state index < -0.39 is 0 Å². The number of halogens is 1. The maximum Gasteiger partial charge on any atom is 0.257 e. The zero-order valence-electron chi connectivity index (χ0n) is 13.2. The summed E-state index contributed by atoms with van der Waals surface area (Å²) in [5.74, 6) is -0.724. The number of benzene rings is 1. The minimum atomic E-state index is -0.376. The lowest BCUT2D eigenvalue weighted by molar-refractivity contribution is 0.0976. The molecule has 2 N–H and O–H groups in total. The molecule has 0 saturated carbocycles. The summed E-state index contributed by atoms with van der Waals surface area (Å²) >= 11 is 5.18. The van der Waals surface area contributed by atoms with Crippen molar-refractivity contribution < 1.29 is 9.18 Å². The molecule has 0 radical (unpaired) electrons. The minimum Gasteiger partial charge on any atom is -0.357 e. The molecule has 0 aliphatic carbocycles. The smallest absolute Gasteiger partial charge is 0.257 e. The maximum absolute atomic E-state index is 12.8. The van der Waals surface area contributed by atoms with Crippen LogP contribution >= 0.6 is 12.2 Å². The van der Waals surface area contributed by atoms with Crippen LogP contribution in [-0.4, -0.2) is 16.6 Å². The summed E-state index contributed by atoms with van der Waals surface area (Å²) in [5, 5.41) is 6.04. The number of rotatable bonds is 3. The van der Waals surface area contributed by atoms with Gasteiger partial charge < -0.3 is 5.32 Å². The Morgan fingerprint density at radius 1 is 1.14 bits per heavy atom. The third kappa shape index (κ3) is 6.67. The van der Waals surface area contributed by atoms with E-state index in [1.54, 1.807) is 0 Å². The standard InChI is InChI=1S/C16H23FN2OS/c1-15(2,3)10-16(4,5)19-14(21)18-13(20)11-6-8-12(17)9-7-11/h6-9H,10H2,1-5H3,(H2,18,19,20,21). The van der Waals surface area contributed by atoms with E-state index in [-0.39, 0.29) is 27.8 Å². The van der Waals surface area contributed by atoms with Crippen molar-refractivity contribution in [1.82, 2.24) is 10.6 Å². The van der Waals surface area contributed by atoms with Crippen molar-refractivity contribution in [2.45, 2.75) is 46.6 Å². The summed E-state index contributed by atoms with van der Waals surface area (Å²) < 4.78 is 12.8. The van der Waals surface area contributed by atoms with Crippen LogP contribution in [0.2, 0.25) is 0 Å². The Morgan fingerprint density at radius 2 is 1.67 bits per heavy atom. The van der Waals surface area contributed by atoms with E-state index in [9.17, 15) is 9.18 Å². The Kier molecular flexibility index (Phi) is 5.45. The van der Waals surface area contributed by atoms with Gasteiger partial charge in [-0.15, -0.1) is 0 Å². The van der Waals surface area contributed by atoms with Gasteiger partial charge in [-0.05, 0) is 62.2 Å². The first-order valence-electron chi connectivity index (χ1n) is 6.88. The van der Waals surface area contributed by atoms with Crippen molar-refractivity contribution in [2.75, 3.05) is 0 Å². The Hall–Kier alpha value is -1.49. The van der Waals surface area contributed by atoms with Gasteiger partial charge in [-0.25, -0.2) is 4.39 Å². The molecular formula is C16H23FN2OS. The van der Waals surface area contributed by atoms with Crippen molar-refractivity contribution in [1.29, 1.82) is 0 Å². The quantitative estimate of drug-likeness (QED) is 0.837. The van der Waals surface area contributed by atoms with Crippen LogP contribution in [-0.2, 0) is 0 Å². The lowest BCUT2D eigenvalue weighted by Crippen LogP contribution is -2.51. The maximum atomic E-state index is 12.8. The van der Waals surface area contributed by atoms with Gasteiger partial charge in [0.2, 0.25) is 0 Å². The summed E-state index contributed by atoms with van der Waals surface area (Å²) in [6, 6.07) is 5.34. The molecule has 0 heterocycles.